The highest BCUT2D eigenvalue weighted by Crippen LogP contribution is 2.29. The molecule has 2 N–H and O–H groups in total. The average Bonchev–Trinajstić information content (AvgIpc) is 3.20. The summed E-state index contributed by atoms with van der Waals surface area (Å²) in [5.74, 6) is 1.11. The molecule has 0 aliphatic heterocycles. The summed E-state index contributed by atoms with van der Waals surface area (Å²) in [4.78, 5) is 21.9. The Bertz CT molecular complexity index is 1820. The SMILES string of the molecule is CCCCCCCCCCOc1ccc(C=Nc2ccc(OC(=O)c3ccc(Cl)c(N=Cc4ccc(OCCCCCCCCCC)cc4O)c3)cc2)c(O)c1. The molecular formula is C47H59ClN2O6. The minimum absolute atomic E-state index is 0.0329. The molecule has 0 aliphatic rings. The molecule has 0 heterocycles. The first kappa shape index (κ1) is 43.9. The number of aromatic hydroxyl groups is 2. The van der Waals surface area contributed by atoms with Gasteiger partial charge in [0.2, 0.25) is 0 Å². The summed E-state index contributed by atoms with van der Waals surface area (Å²) in [6.45, 7) is 5.70. The van der Waals surface area contributed by atoms with Gasteiger partial charge in [0.05, 0.1) is 35.2 Å². The molecule has 4 rings (SSSR count). The van der Waals surface area contributed by atoms with Crippen LogP contribution in [-0.4, -0.2) is 41.8 Å². The molecule has 4 aromatic carbocycles. The molecule has 0 bridgehead atoms. The predicted molar refractivity (Wildman–Crippen MR) is 230 cm³/mol. The lowest BCUT2D eigenvalue weighted by atomic mass is 10.1. The van der Waals surface area contributed by atoms with Gasteiger partial charge in [-0.25, -0.2) is 4.79 Å². The highest BCUT2D eigenvalue weighted by Gasteiger charge is 2.12. The predicted octanol–water partition coefficient (Wildman–Crippen LogP) is 13.5. The number of nitrogens with zero attached hydrogens (tertiary/aromatic N) is 2. The Labute approximate surface area is 338 Å². The molecule has 0 saturated carbocycles. The van der Waals surface area contributed by atoms with Crippen LogP contribution in [0.4, 0.5) is 11.4 Å². The molecule has 9 heteroatoms. The normalized spacial score (nSPS) is 11.4. The molecule has 4 aromatic rings. The lowest BCUT2D eigenvalue weighted by Gasteiger charge is -2.08. The number of phenols is 2. The van der Waals surface area contributed by atoms with Crippen molar-refractivity contribution in [2.45, 2.75) is 117 Å². The largest absolute Gasteiger partial charge is 0.507 e. The van der Waals surface area contributed by atoms with Crippen molar-refractivity contribution in [3.05, 3.63) is 101 Å². The molecule has 300 valence electrons. The zero-order valence-electron chi connectivity index (χ0n) is 33.2. The van der Waals surface area contributed by atoms with Gasteiger partial charge in [0.1, 0.15) is 28.7 Å². The van der Waals surface area contributed by atoms with E-state index < -0.39 is 5.97 Å². The van der Waals surface area contributed by atoms with Gasteiger partial charge in [0.15, 0.2) is 0 Å². The fourth-order valence-electron chi connectivity index (χ4n) is 6.08. The van der Waals surface area contributed by atoms with E-state index >= 15 is 0 Å². The summed E-state index contributed by atoms with van der Waals surface area (Å²) in [7, 11) is 0. The maximum absolute atomic E-state index is 13.0. The second-order valence-electron chi connectivity index (χ2n) is 14.2. The van der Waals surface area contributed by atoms with Gasteiger partial charge >= 0.3 is 5.97 Å². The van der Waals surface area contributed by atoms with E-state index in [0.29, 0.717) is 58.0 Å². The number of ether oxygens (including phenoxy) is 3. The summed E-state index contributed by atoms with van der Waals surface area (Å²) in [6.07, 6.45) is 22.8. The van der Waals surface area contributed by atoms with Crippen LogP contribution in [0, 0.1) is 0 Å². The van der Waals surface area contributed by atoms with E-state index in [1.165, 1.54) is 89.3 Å². The van der Waals surface area contributed by atoms with Crippen LogP contribution in [0.2, 0.25) is 5.02 Å². The van der Waals surface area contributed by atoms with Crippen LogP contribution in [0.25, 0.3) is 0 Å². The smallest absolute Gasteiger partial charge is 0.343 e. The van der Waals surface area contributed by atoms with Gasteiger partial charge in [0, 0.05) is 35.7 Å². The summed E-state index contributed by atoms with van der Waals surface area (Å²) < 4.78 is 17.3. The minimum atomic E-state index is -0.579. The zero-order valence-corrected chi connectivity index (χ0v) is 33.9. The van der Waals surface area contributed by atoms with E-state index in [0.717, 1.165) is 25.7 Å². The van der Waals surface area contributed by atoms with Gasteiger partial charge in [-0.1, -0.05) is 115 Å². The molecule has 56 heavy (non-hydrogen) atoms. The van der Waals surface area contributed by atoms with E-state index in [-0.39, 0.29) is 17.1 Å². The number of carbonyl (C=O) groups is 1. The van der Waals surface area contributed by atoms with Crippen LogP contribution in [-0.2, 0) is 0 Å². The third-order valence-electron chi connectivity index (χ3n) is 9.46. The quantitative estimate of drug-likeness (QED) is 0.0284. The van der Waals surface area contributed by atoms with Crippen molar-refractivity contribution in [1.82, 2.24) is 0 Å². The molecule has 0 unspecified atom stereocenters. The molecule has 0 aliphatic carbocycles. The number of halogens is 1. The first-order valence-electron chi connectivity index (χ1n) is 20.5. The second-order valence-corrected chi connectivity index (χ2v) is 14.6. The van der Waals surface area contributed by atoms with Crippen molar-refractivity contribution in [2.24, 2.45) is 9.98 Å². The Kier molecular flexibility index (Phi) is 19.9. The van der Waals surface area contributed by atoms with Crippen molar-refractivity contribution in [3.63, 3.8) is 0 Å². The number of esters is 1. The van der Waals surface area contributed by atoms with Crippen LogP contribution in [0.1, 0.15) is 138 Å². The van der Waals surface area contributed by atoms with Gasteiger partial charge in [-0.05, 0) is 79.6 Å². The van der Waals surface area contributed by atoms with Crippen LogP contribution < -0.4 is 14.2 Å². The highest BCUT2D eigenvalue weighted by atomic mass is 35.5. The van der Waals surface area contributed by atoms with Crippen LogP contribution in [0.15, 0.2) is 88.8 Å². The molecule has 8 nitrogen and oxygen atoms in total. The Morgan fingerprint density at radius 1 is 0.571 bits per heavy atom. The third kappa shape index (κ3) is 16.1. The van der Waals surface area contributed by atoms with Crippen molar-refractivity contribution >= 4 is 41.4 Å². The highest BCUT2D eigenvalue weighted by molar-refractivity contribution is 6.33. The van der Waals surface area contributed by atoms with Crippen LogP contribution in [0.3, 0.4) is 0 Å². The van der Waals surface area contributed by atoms with E-state index in [1.807, 2.05) is 6.07 Å². The zero-order chi connectivity index (χ0) is 39.8. The first-order chi connectivity index (χ1) is 27.4. The lowest BCUT2D eigenvalue weighted by molar-refractivity contribution is 0.0734. The topological polar surface area (TPSA) is 110 Å². The Balaban J connectivity index is 1.22. The number of carbonyl (C=O) groups excluding carboxylic acids is 1. The van der Waals surface area contributed by atoms with Gasteiger partial charge in [-0.15, -0.1) is 0 Å². The maximum Gasteiger partial charge on any atom is 0.343 e. The van der Waals surface area contributed by atoms with Crippen LogP contribution in [0.5, 0.6) is 28.7 Å². The third-order valence-corrected chi connectivity index (χ3v) is 9.78. The van der Waals surface area contributed by atoms with E-state index in [2.05, 4.69) is 23.8 Å². The molecule has 0 radical (unpaired) electrons. The van der Waals surface area contributed by atoms with Gasteiger partial charge in [-0.3, -0.25) is 9.98 Å². The summed E-state index contributed by atoms with van der Waals surface area (Å²) in [5.41, 5.74) is 2.28. The average molecular weight is 783 g/mol. The first-order valence-corrected chi connectivity index (χ1v) is 20.9. The molecule has 0 spiro atoms. The van der Waals surface area contributed by atoms with Gasteiger partial charge in [0.25, 0.3) is 0 Å². The second kappa shape index (κ2) is 25.4. The number of aliphatic imine (C=N–C) groups is 2. The van der Waals surface area contributed by atoms with Gasteiger partial charge in [-0.2, -0.15) is 0 Å². The Morgan fingerprint density at radius 2 is 1.04 bits per heavy atom. The number of phenolic OH excluding ortho intramolecular Hbond substituents is 2. The molecular weight excluding hydrogens is 724 g/mol. The lowest BCUT2D eigenvalue weighted by Crippen LogP contribution is -2.08. The summed E-state index contributed by atoms with van der Waals surface area (Å²) in [5, 5.41) is 21.5. The Hall–Kier alpha value is -4.82. The number of hydrogen-bond donors (Lipinski definition) is 2. The standard InChI is InChI=1S/C47H59ClN2O6/c1-3-5-7-9-11-13-15-17-29-54-41-24-19-37(45(51)32-41)34-49-39-22-26-40(27-23-39)56-47(53)36-21-28-43(48)44(31-36)50-35-38-20-25-42(33-46(38)52)55-30-18-16-14-12-10-8-6-4-2/h19-28,31-35,51-52H,3-18,29-30H2,1-2H3. The van der Waals surface area contributed by atoms with Crippen molar-refractivity contribution in [1.29, 1.82) is 0 Å². The van der Waals surface area contributed by atoms with E-state index in [1.54, 1.807) is 72.9 Å². The number of rotatable bonds is 26. The Morgan fingerprint density at radius 3 is 1.54 bits per heavy atom. The fraction of sp³-hybridized carbons (Fsp3) is 0.426. The van der Waals surface area contributed by atoms with Crippen molar-refractivity contribution in [3.8, 4) is 28.7 Å². The molecule has 0 fully saturated rings. The van der Waals surface area contributed by atoms with E-state index in [4.69, 9.17) is 25.8 Å². The monoisotopic (exact) mass is 782 g/mol. The summed E-state index contributed by atoms with van der Waals surface area (Å²) >= 11 is 6.39. The molecule has 0 saturated heterocycles. The van der Waals surface area contributed by atoms with Crippen molar-refractivity contribution in [2.75, 3.05) is 13.2 Å². The number of hydrogen-bond acceptors (Lipinski definition) is 8. The minimum Gasteiger partial charge on any atom is -0.507 e. The summed E-state index contributed by atoms with van der Waals surface area (Å²) in [6, 6.07) is 21.7. The van der Waals surface area contributed by atoms with Crippen molar-refractivity contribution < 1.29 is 29.2 Å². The molecule has 0 aromatic heterocycles. The molecule has 0 atom stereocenters. The van der Waals surface area contributed by atoms with Crippen LogP contribution >= 0.6 is 11.6 Å². The molecule has 0 amide bonds. The fourth-order valence-corrected chi connectivity index (χ4v) is 6.25. The number of unbranched alkanes of at least 4 members (excludes halogenated alkanes) is 14. The maximum atomic E-state index is 13.0. The van der Waals surface area contributed by atoms with E-state index in [9.17, 15) is 15.0 Å². The number of benzene rings is 4. The van der Waals surface area contributed by atoms with Gasteiger partial charge < -0.3 is 24.4 Å².